The molecule has 2 N–H and O–H groups in total. The quantitative estimate of drug-likeness (QED) is 0.830. The van der Waals surface area contributed by atoms with E-state index >= 15 is 0 Å². The van der Waals surface area contributed by atoms with E-state index in [1.807, 2.05) is 31.2 Å². The van der Waals surface area contributed by atoms with Crippen molar-refractivity contribution in [3.8, 4) is 5.75 Å². The van der Waals surface area contributed by atoms with Gasteiger partial charge in [0.15, 0.2) is 0 Å². The van der Waals surface area contributed by atoms with Gasteiger partial charge in [0.25, 0.3) is 5.56 Å². The predicted molar refractivity (Wildman–Crippen MR) is 94.9 cm³/mol. The number of methoxy groups -OCH3 is 1. The van der Waals surface area contributed by atoms with Gasteiger partial charge in [-0.15, -0.1) is 0 Å². The number of aromatic nitrogens is 2. The molecule has 0 aliphatic heterocycles. The second-order valence-electron chi connectivity index (χ2n) is 5.93. The van der Waals surface area contributed by atoms with E-state index in [1.165, 1.54) is 0 Å². The van der Waals surface area contributed by atoms with Crippen LogP contribution in [-0.4, -0.2) is 34.9 Å². The molecule has 25 heavy (non-hydrogen) atoms. The molecular formula is C18H23N3O4. The largest absolute Gasteiger partial charge is 0.496 e. The number of ether oxygens (including phenoxy) is 1. The third kappa shape index (κ3) is 4.17. The summed E-state index contributed by atoms with van der Waals surface area (Å²) in [5.74, 6) is 0.631. The van der Waals surface area contributed by atoms with E-state index < -0.39 is 11.2 Å². The van der Waals surface area contributed by atoms with Crippen molar-refractivity contribution in [3.05, 3.63) is 61.9 Å². The Hall–Kier alpha value is -2.83. The maximum Gasteiger partial charge on any atom is 0.325 e. The number of para-hydroxylation sites is 1. The molecule has 0 aliphatic carbocycles. The van der Waals surface area contributed by atoms with Gasteiger partial charge in [0.1, 0.15) is 5.75 Å². The van der Waals surface area contributed by atoms with E-state index in [4.69, 9.17) is 4.74 Å². The van der Waals surface area contributed by atoms with E-state index in [2.05, 4.69) is 9.97 Å². The Balaban J connectivity index is 2.10. The van der Waals surface area contributed by atoms with Crippen molar-refractivity contribution >= 4 is 5.91 Å². The molecule has 0 saturated heterocycles. The number of benzene rings is 1. The van der Waals surface area contributed by atoms with Crippen LogP contribution in [0.4, 0.5) is 0 Å². The van der Waals surface area contributed by atoms with Gasteiger partial charge >= 0.3 is 5.69 Å². The summed E-state index contributed by atoms with van der Waals surface area (Å²) in [5.41, 5.74) is 0.834. The maximum atomic E-state index is 12.5. The summed E-state index contributed by atoms with van der Waals surface area (Å²) < 4.78 is 5.35. The van der Waals surface area contributed by atoms with E-state index in [0.29, 0.717) is 11.3 Å². The van der Waals surface area contributed by atoms with Gasteiger partial charge in [-0.05, 0) is 26.3 Å². The van der Waals surface area contributed by atoms with Crippen molar-refractivity contribution in [1.29, 1.82) is 0 Å². The van der Waals surface area contributed by atoms with Crippen LogP contribution in [0.15, 0.2) is 33.9 Å². The third-order valence-corrected chi connectivity index (χ3v) is 4.41. The zero-order valence-electron chi connectivity index (χ0n) is 14.9. The number of carbonyl (C=O) groups is 1. The van der Waals surface area contributed by atoms with Crippen LogP contribution in [0.25, 0.3) is 0 Å². The smallest absolute Gasteiger partial charge is 0.325 e. The molecule has 0 aliphatic rings. The fourth-order valence-corrected chi connectivity index (χ4v) is 2.77. The summed E-state index contributed by atoms with van der Waals surface area (Å²) >= 11 is 0. The molecule has 0 bridgehead atoms. The summed E-state index contributed by atoms with van der Waals surface area (Å²) in [7, 11) is 3.32. The molecule has 2 aromatic rings. The second-order valence-corrected chi connectivity index (χ2v) is 5.93. The predicted octanol–water partition coefficient (Wildman–Crippen LogP) is 1.53. The zero-order chi connectivity index (χ0) is 18.6. The van der Waals surface area contributed by atoms with Crippen LogP contribution < -0.4 is 16.0 Å². The monoisotopic (exact) mass is 345 g/mol. The Morgan fingerprint density at radius 3 is 2.56 bits per heavy atom. The first-order valence-electron chi connectivity index (χ1n) is 8.05. The lowest BCUT2D eigenvalue weighted by atomic mass is 10.0. The number of aryl methyl sites for hydroxylation is 1. The van der Waals surface area contributed by atoms with Crippen LogP contribution in [0.2, 0.25) is 0 Å². The van der Waals surface area contributed by atoms with Gasteiger partial charge in [0.05, 0.1) is 13.2 Å². The average Bonchev–Trinajstić information content (AvgIpc) is 2.59. The van der Waals surface area contributed by atoms with Gasteiger partial charge in [-0.25, -0.2) is 4.79 Å². The maximum absolute atomic E-state index is 12.5. The van der Waals surface area contributed by atoms with Crippen molar-refractivity contribution in [2.45, 2.75) is 32.7 Å². The molecule has 0 saturated carbocycles. The van der Waals surface area contributed by atoms with Gasteiger partial charge in [-0.3, -0.25) is 14.6 Å². The number of nitrogens with zero attached hydrogens (tertiary/aromatic N) is 1. The number of hydrogen-bond donors (Lipinski definition) is 2. The lowest BCUT2D eigenvalue weighted by Crippen LogP contribution is -2.32. The molecule has 0 radical (unpaired) electrons. The molecule has 134 valence electrons. The molecule has 0 fully saturated rings. The number of nitrogens with one attached hydrogen (secondary N) is 2. The van der Waals surface area contributed by atoms with Crippen molar-refractivity contribution in [2.75, 3.05) is 14.2 Å². The summed E-state index contributed by atoms with van der Waals surface area (Å²) in [5, 5.41) is 0. The first kappa shape index (κ1) is 18.5. The molecule has 1 aromatic carbocycles. The highest BCUT2D eigenvalue weighted by Gasteiger charge is 2.20. The first-order valence-corrected chi connectivity index (χ1v) is 8.05. The molecule has 0 unspecified atom stereocenters. The van der Waals surface area contributed by atoms with E-state index in [-0.39, 0.29) is 24.8 Å². The minimum absolute atomic E-state index is 0.0941. The summed E-state index contributed by atoms with van der Waals surface area (Å²) in [4.78, 5) is 42.0. The van der Waals surface area contributed by atoms with Gasteiger partial charge in [-0.2, -0.15) is 0 Å². The number of aromatic amines is 2. The van der Waals surface area contributed by atoms with Crippen molar-refractivity contribution in [3.63, 3.8) is 0 Å². The highest BCUT2D eigenvalue weighted by Crippen LogP contribution is 2.28. The fraction of sp³-hybridized carbons (Fsp3) is 0.389. The number of H-pyrrole nitrogens is 2. The first-order chi connectivity index (χ1) is 11.8. The standard InChI is InChI=1S/C18H23N3O4/c1-11-13(17(23)20-18(24)19-11)9-10-16(22)21(3)12(2)14-7-5-6-8-15(14)25-4/h5-8,12H,9-10H2,1-4H3,(H2,19,20,23,24)/t12-/m0/s1. The Kier molecular flexibility index (Phi) is 5.80. The number of amides is 1. The highest BCUT2D eigenvalue weighted by atomic mass is 16.5. The Morgan fingerprint density at radius 1 is 1.24 bits per heavy atom. The van der Waals surface area contributed by atoms with Crippen LogP contribution in [0, 0.1) is 6.92 Å². The number of rotatable bonds is 6. The van der Waals surface area contributed by atoms with Gasteiger partial charge in [0.2, 0.25) is 5.91 Å². The molecule has 1 atom stereocenters. The Morgan fingerprint density at radius 2 is 1.92 bits per heavy atom. The normalized spacial score (nSPS) is 11.8. The van der Waals surface area contributed by atoms with Crippen molar-refractivity contribution < 1.29 is 9.53 Å². The van der Waals surface area contributed by atoms with Crippen molar-refractivity contribution in [1.82, 2.24) is 14.9 Å². The summed E-state index contributed by atoms with van der Waals surface area (Å²) in [6.45, 7) is 3.57. The van der Waals surface area contributed by atoms with Crippen LogP contribution in [0.5, 0.6) is 5.75 Å². The van der Waals surface area contributed by atoms with Gasteiger partial charge < -0.3 is 14.6 Å². The average molecular weight is 345 g/mol. The van der Waals surface area contributed by atoms with Crippen molar-refractivity contribution in [2.24, 2.45) is 0 Å². The SMILES string of the molecule is COc1ccccc1[C@H](C)N(C)C(=O)CCc1c(C)[nH]c(=O)[nH]c1=O. The molecule has 2 rings (SSSR count). The molecule has 1 heterocycles. The van der Waals surface area contributed by atoms with E-state index in [9.17, 15) is 14.4 Å². The Labute approximate surface area is 145 Å². The molecule has 7 heteroatoms. The van der Waals surface area contributed by atoms with E-state index in [1.54, 1.807) is 26.0 Å². The molecule has 0 spiro atoms. The van der Waals surface area contributed by atoms with Crippen LogP contribution in [-0.2, 0) is 11.2 Å². The van der Waals surface area contributed by atoms with E-state index in [0.717, 1.165) is 11.3 Å². The lowest BCUT2D eigenvalue weighted by molar-refractivity contribution is -0.131. The highest BCUT2D eigenvalue weighted by molar-refractivity contribution is 5.76. The summed E-state index contributed by atoms with van der Waals surface area (Å²) in [6, 6.07) is 7.38. The molecule has 7 nitrogen and oxygen atoms in total. The minimum Gasteiger partial charge on any atom is -0.496 e. The molecular weight excluding hydrogens is 322 g/mol. The Bertz CT molecular complexity index is 869. The van der Waals surface area contributed by atoms with Crippen LogP contribution >= 0.6 is 0 Å². The number of carbonyl (C=O) groups excluding carboxylic acids is 1. The number of hydrogen-bond acceptors (Lipinski definition) is 4. The summed E-state index contributed by atoms with van der Waals surface area (Å²) in [6.07, 6.45) is 0.436. The third-order valence-electron chi connectivity index (χ3n) is 4.41. The fourth-order valence-electron chi connectivity index (χ4n) is 2.77. The van der Waals surface area contributed by atoms with Crippen LogP contribution in [0.1, 0.15) is 36.2 Å². The zero-order valence-corrected chi connectivity index (χ0v) is 14.9. The van der Waals surface area contributed by atoms with Crippen LogP contribution in [0.3, 0.4) is 0 Å². The van der Waals surface area contributed by atoms with Gasteiger partial charge in [-0.1, -0.05) is 18.2 Å². The molecule has 1 amide bonds. The lowest BCUT2D eigenvalue weighted by Gasteiger charge is -2.26. The topological polar surface area (TPSA) is 95.3 Å². The molecule has 1 aromatic heterocycles. The second kappa shape index (κ2) is 7.83. The minimum atomic E-state index is -0.542. The van der Waals surface area contributed by atoms with Gasteiger partial charge in [0, 0.05) is 30.3 Å².